The number of carbonyl (C=O) groups is 3. The number of amides is 3. The molecule has 1 atom stereocenters. The van der Waals surface area contributed by atoms with Crippen LogP contribution in [0, 0.1) is 5.41 Å². The lowest BCUT2D eigenvalue weighted by atomic mass is 9.96. The first-order valence-corrected chi connectivity index (χ1v) is 10.6. The molecule has 1 aromatic carbocycles. The van der Waals surface area contributed by atoms with Crippen LogP contribution in [0.4, 0.5) is 14.6 Å². The Morgan fingerprint density at radius 1 is 1.12 bits per heavy atom. The fourth-order valence-electron chi connectivity index (χ4n) is 3.14. The Kier molecular flexibility index (Phi) is 6.80. The molecule has 1 unspecified atom stereocenters. The van der Waals surface area contributed by atoms with Gasteiger partial charge in [0.1, 0.15) is 0 Å². The van der Waals surface area contributed by atoms with E-state index in [0.29, 0.717) is 10.5 Å². The van der Waals surface area contributed by atoms with E-state index in [4.69, 9.17) is 11.6 Å². The molecule has 2 aromatic rings. The van der Waals surface area contributed by atoms with Crippen LogP contribution in [0.3, 0.4) is 0 Å². The van der Waals surface area contributed by atoms with Gasteiger partial charge in [-0.05, 0) is 25.1 Å². The zero-order valence-electron chi connectivity index (χ0n) is 18.6. The van der Waals surface area contributed by atoms with Crippen molar-refractivity contribution in [3.05, 3.63) is 52.2 Å². The molecule has 3 rings (SSSR count). The molecule has 33 heavy (non-hydrogen) atoms. The predicted molar refractivity (Wildman–Crippen MR) is 118 cm³/mol. The average molecular weight is 480 g/mol. The third-order valence-corrected chi connectivity index (χ3v) is 5.39. The van der Waals surface area contributed by atoms with Crippen molar-refractivity contribution < 1.29 is 23.2 Å². The number of nitrogens with zero attached hydrogens (tertiary/aromatic N) is 3. The van der Waals surface area contributed by atoms with Gasteiger partial charge in [0, 0.05) is 17.0 Å². The van der Waals surface area contributed by atoms with Gasteiger partial charge in [0.15, 0.2) is 11.0 Å². The number of carbonyl (C=O) groups excluding carboxylic acids is 3. The highest BCUT2D eigenvalue weighted by Gasteiger charge is 2.42. The van der Waals surface area contributed by atoms with Gasteiger partial charge >= 0.3 is 0 Å². The van der Waals surface area contributed by atoms with E-state index in [9.17, 15) is 23.2 Å². The minimum absolute atomic E-state index is 0.00702. The molecule has 176 valence electrons. The van der Waals surface area contributed by atoms with Gasteiger partial charge in [-0.1, -0.05) is 44.5 Å². The molecular formula is C22H24ClF2N5O3. The summed E-state index contributed by atoms with van der Waals surface area (Å²) in [5.41, 5.74) is -0.0945. The number of alkyl halides is 2. The lowest BCUT2D eigenvalue weighted by Gasteiger charge is -2.25. The Morgan fingerprint density at radius 2 is 1.70 bits per heavy atom. The van der Waals surface area contributed by atoms with Crippen molar-refractivity contribution in [2.24, 2.45) is 5.41 Å². The second kappa shape index (κ2) is 9.11. The normalized spacial score (nSPS) is 14.9. The fourth-order valence-corrected chi connectivity index (χ4v) is 3.40. The van der Waals surface area contributed by atoms with Crippen molar-refractivity contribution in [1.29, 1.82) is 0 Å². The second-order valence-electron chi connectivity index (χ2n) is 8.88. The smallest absolute Gasteiger partial charge is 0.278 e. The number of hydrogen-bond acceptors (Lipinski definition) is 6. The molecule has 0 saturated heterocycles. The quantitative estimate of drug-likeness (QED) is 0.587. The molecule has 2 N–H and O–H groups in total. The summed E-state index contributed by atoms with van der Waals surface area (Å²) in [5.74, 6) is -5.05. The van der Waals surface area contributed by atoms with Crippen LogP contribution in [0.25, 0.3) is 0 Å². The number of nitrogens with one attached hydrogen (secondary N) is 2. The maximum absolute atomic E-state index is 14.7. The summed E-state index contributed by atoms with van der Waals surface area (Å²) >= 11 is 6.08. The first-order valence-electron chi connectivity index (χ1n) is 10.2. The number of imide groups is 1. The van der Waals surface area contributed by atoms with E-state index in [-0.39, 0.29) is 28.0 Å². The van der Waals surface area contributed by atoms with Crippen molar-refractivity contribution >= 4 is 35.1 Å². The van der Waals surface area contributed by atoms with Crippen LogP contribution in [0.1, 0.15) is 60.0 Å². The Balaban J connectivity index is 1.66. The minimum atomic E-state index is -3.40. The Hall–Kier alpha value is -2.98. The first-order chi connectivity index (χ1) is 15.3. The SMILES string of the molecule is CC(NCC(F)(F)CN1C(=O)c2ccccc2C1=O)c1cc(NC(=O)C(C)(C)C)nnc1Cl. The van der Waals surface area contributed by atoms with Gasteiger partial charge in [0.25, 0.3) is 17.7 Å². The standard InChI is InChI=1S/C22H24ClF2N5O3/c1-12(15-9-16(28-29-17(15)23)27-20(33)21(2,3)4)26-10-22(24,25)11-30-18(31)13-7-5-6-8-14(13)19(30)32/h5-9,12,26H,10-11H2,1-4H3,(H,27,28,33). The van der Waals surface area contributed by atoms with E-state index in [1.807, 2.05) is 0 Å². The van der Waals surface area contributed by atoms with E-state index < -0.39 is 42.3 Å². The van der Waals surface area contributed by atoms with Crippen LogP contribution in [0.5, 0.6) is 0 Å². The first kappa shape index (κ1) is 24.7. The Bertz CT molecular complexity index is 1070. The van der Waals surface area contributed by atoms with Crippen LogP contribution in [-0.2, 0) is 4.79 Å². The van der Waals surface area contributed by atoms with Gasteiger partial charge in [-0.25, -0.2) is 8.78 Å². The van der Waals surface area contributed by atoms with Crippen molar-refractivity contribution in [3.8, 4) is 0 Å². The number of benzene rings is 1. The van der Waals surface area contributed by atoms with E-state index in [2.05, 4.69) is 20.8 Å². The van der Waals surface area contributed by atoms with E-state index in [1.165, 1.54) is 18.2 Å². The zero-order valence-corrected chi connectivity index (χ0v) is 19.3. The predicted octanol–water partition coefficient (Wildman–Crippen LogP) is 3.70. The summed E-state index contributed by atoms with van der Waals surface area (Å²) < 4.78 is 29.4. The van der Waals surface area contributed by atoms with E-state index in [1.54, 1.807) is 39.8 Å². The van der Waals surface area contributed by atoms with Gasteiger partial charge in [-0.15, -0.1) is 10.2 Å². The average Bonchev–Trinajstić information content (AvgIpc) is 2.97. The van der Waals surface area contributed by atoms with Crippen LogP contribution in [0.15, 0.2) is 30.3 Å². The number of aromatic nitrogens is 2. The van der Waals surface area contributed by atoms with Crippen molar-refractivity contribution in [2.45, 2.75) is 39.7 Å². The molecular weight excluding hydrogens is 456 g/mol. The topological polar surface area (TPSA) is 104 Å². The minimum Gasteiger partial charge on any atom is -0.309 e. The van der Waals surface area contributed by atoms with Crippen molar-refractivity contribution in [2.75, 3.05) is 18.4 Å². The highest BCUT2D eigenvalue weighted by Crippen LogP contribution is 2.28. The van der Waals surface area contributed by atoms with Crippen LogP contribution >= 0.6 is 11.6 Å². The maximum atomic E-state index is 14.7. The molecule has 0 spiro atoms. The Morgan fingerprint density at radius 3 is 2.24 bits per heavy atom. The molecule has 1 aliphatic heterocycles. The van der Waals surface area contributed by atoms with Crippen molar-refractivity contribution in [3.63, 3.8) is 0 Å². The molecule has 2 heterocycles. The number of rotatable bonds is 7. The van der Waals surface area contributed by atoms with Gasteiger partial charge in [-0.2, -0.15) is 0 Å². The van der Waals surface area contributed by atoms with E-state index in [0.717, 1.165) is 0 Å². The molecule has 11 heteroatoms. The van der Waals surface area contributed by atoms with Crippen LogP contribution < -0.4 is 10.6 Å². The number of fused-ring (bicyclic) bond motifs is 1. The molecule has 1 aliphatic rings. The molecule has 3 amide bonds. The molecule has 0 aliphatic carbocycles. The van der Waals surface area contributed by atoms with Gasteiger partial charge in [-0.3, -0.25) is 19.3 Å². The third kappa shape index (κ3) is 5.51. The van der Waals surface area contributed by atoms with Gasteiger partial charge in [0.2, 0.25) is 5.91 Å². The molecule has 0 saturated carbocycles. The summed E-state index contributed by atoms with van der Waals surface area (Å²) in [6.07, 6.45) is 0. The summed E-state index contributed by atoms with van der Waals surface area (Å²) in [6.45, 7) is 4.89. The molecule has 0 fully saturated rings. The zero-order chi connectivity index (χ0) is 24.6. The van der Waals surface area contributed by atoms with E-state index >= 15 is 0 Å². The van der Waals surface area contributed by atoms with Crippen molar-refractivity contribution in [1.82, 2.24) is 20.4 Å². The summed E-state index contributed by atoms with van der Waals surface area (Å²) in [6, 6.07) is 6.77. The number of anilines is 1. The monoisotopic (exact) mass is 479 g/mol. The van der Waals surface area contributed by atoms with Gasteiger partial charge < -0.3 is 10.6 Å². The summed E-state index contributed by atoms with van der Waals surface area (Å²) in [5, 5.41) is 12.9. The summed E-state index contributed by atoms with van der Waals surface area (Å²) in [4.78, 5) is 37.5. The number of halogens is 3. The molecule has 0 bridgehead atoms. The maximum Gasteiger partial charge on any atom is 0.278 e. The Labute approximate surface area is 194 Å². The summed E-state index contributed by atoms with van der Waals surface area (Å²) in [7, 11) is 0. The number of hydrogen-bond donors (Lipinski definition) is 2. The highest BCUT2D eigenvalue weighted by atomic mass is 35.5. The van der Waals surface area contributed by atoms with Gasteiger partial charge in [0.05, 0.1) is 24.2 Å². The highest BCUT2D eigenvalue weighted by molar-refractivity contribution is 6.30. The lowest BCUT2D eigenvalue weighted by molar-refractivity contribution is -0.123. The lowest BCUT2D eigenvalue weighted by Crippen LogP contribution is -2.46. The second-order valence-corrected chi connectivity index (χ2v) is 9.24. The molecule has 0 radical (unpaired) electrons. The largest absolute Gasteiger partial charge is 0.309 e. The molecule has 8 nitrogen and oxygen atoms in total. The fraction of sp³-hybridized carbons (Fsp3) is 0.409. The van der Waals surface area contributed by atoms with Crippen LogP contribution in [-0.4, -0.2) is 51.8 Å². The third-order valence-electron chi connectivity index (χ3n) is 5.10. The molecule has 1 aromatic heterocycles. The van der Waals surface area contributed by atoms with Crippen LogP contribution in [0.2, 0.25) is 5.15 Å².